The Bertz CT molecular complexity index is 695. The van der Waals surface area contributed by atoms with Crippen LogP contribution in [0.15, 0.2) is 30.3 Å². The van der Waals surface area contributed by atoms with E-state index >= 15 is 0 Å². The van der Waals surface area contributed by atoms with Crippen molar-refractivity contribution >= 4 is 40.7 Å². The first-order valence-corrected chi connectivity index (χ1v) is 9.67. The third-order valence-corrected chi connectivity index (χ3v) is 4.72. The predicted molar refractivity (Wildman–Crippen MR) is 108 cm³/mol. The molecule has 1 aromatic rings. The van der Waals surface area contributed by atoms with Gasteiger partial charge in [-0.3, -0.25) is 24.7 Å². The molecule has 1 aliphatic heterocycles. The van der Waals surface area contributed by atoms with Gasteiger partial charge in [0.05, 0.1) is 6.42 Å². The number of thiocarbonyl (C=S) groups is 1. The van der Waals surface area contributed by atoms with E-state index in [9.17, 15) is 14.4 Å². The maximum atomic E-state index is 12.7. The van der Waals surface area contributed by atoms with Gasteiger partial charge in [0, 0.05) is 18.7 Å². The van der Waals surface area contributed by atoms with Crippen molar-refractivity contribution in [2.45, 2.75) is 52.0 Å². The molecule has 0 spiro atoms. The van der Waals surface area contributed by atoms with Gasteiger partial charge in [0.15, 0.2) is 5.11 Å². The van der Waals surface area contributed by atoms with Crippen molar-refractivity contribution in [1.29, 1.82) is 0 Å². The fourth-order valence-electron chi connectivity index (χ4n) is 2.88. The van der Waals surface area contributed by atoms with Crippen LogP contribution in [0, 0.1) is 0 Å². The second kappa shape index (κ2) is 10.0. The first-order chi connectivity index (χ1) is 13.0. The van der Waals surface area contributed by atoms with Gasteiger partial charge in [0.25, 0.3) is 5.91 Å². The third kappa shape index (κ3) is 5.50. The molecule has 8 heteroatoms. The summed E-state index contributed by atoms with van der Waals surface area (Å²) in [7, 11) is 0. The second-order valence-electron chi connectivity index (χ2n) is 6.36. The molecule has 0 saturated carbocycles. The molecule has 1 atom stereocenters. The Morgan fingerprint density at radius 2 is 1.81 bits per heavy atom. The van der Waals surface area contributed by atoms with Gasteiger partial charge in [-0.2, -0.15) is 0 Å². The van der Waals surface area contributed by atoms with Crippen molar-refractivity contribution in [2.75, 3.05) is 11.9 Å². The van der Waals surface area contributed by atoms with Crippen LogP contribution in [0.3, 0.4) is 0 Å². The van der Waals surface area contributed by atoms with Gasteiger partial charge in [-0.15, -0.1) is 0 Å². The summed E-state index contributed by atoms with van der Waals surface area (Å²) in [5.74, 6) is -0.796. The molecule has 1 unspecified atom stereocenters. The first-order valence-electron chi connectivity index (χ1n) is 9.26. The fourth-order valence-corrected chi connectivity index (χ4v) is 3.27. The van der Waals surface area contributed by atoms with Crippen LogP contribution in [0.25, 0.3) is 0 Å². The van der Waals surface area contributed by atoms with E-state index in [1.807, 2.05) is 18.2 Å². The predicted octanol–water partition coefficient (Wildman–Crippen LogP) is 2.44. The fraction of sp³-hybridized carbons (Fsp3) is 0.474. The average Bonchev–Trinajstić information content (AvgIpc) is 2.86. The molecule has 1 aromatic carbocycles. The maximum absolute atomic E-state index is 12.7. The lowest BCUT2D eigenvalue weighted by molar-refractivity contribution is -0.132. The molecule has 1 saturated heterocycles. The number of nitrogens with one attached hydrogen (secondary N) is 2. The number of anilines is 1. The van der Waals surface area contributed by atoms with E-state index in [1.54, 1.807) is 19.1 Å². The molecule has 27 heavy (non-hydrogen) atoms. The van der Waals surface area contributed by atoms with Crippen molar-refractivity contribution in [3.8, 4) is 0 Å². The highest BCUT2D eigenvalue weighted by Gasteiger charge is 2.43. The Labute approximate surface area is 165 Å². The number of rotatable bonds is 9. The monoisotopic (exact) mass is 390 g/mol. The lowest BCUT2D eigenvalue weighted by Gasteiger charge is -2.24. The van der Waals surface area contributed by atoms with Crippen LogP contribution in [0.1, 0.15) is 46.0 Å². The smallest absolute Gasteiger partial charge is 0.254 e. The molecule has 146 valence electrons. The largest absolute Gasteiger partial charge is 0.326 e. The maximum Gasteiger partial charge on any atom is 0.254 e. The molecule has 1 fully saturated rings. The van der Waals surface area contributed by atoms with E-state index in [2.05, 4.69) is 17.7 Å². The SMILES string of the molecule is CCCCCC(=O)NN1C(=S)N(CC)C(=O)C1CC(=O)Nc1ccccc1. The number of likely N-dealkylation sites (N-methyl/N-ethyl adjacent to an activating group) is 1. The molecule has 1 heterocycles. The van der Waals surface area contributed by atoms with Crippen LogP contribution in [-0.4, -0.2) is 45.3 Å². The Morgan fingerprint density at radius 3 is 2.44 bits per heavy atom. The summed E-state index contributed by atoms with van der Waals surface area (Å²) >= 11 is 5.34. The summed E-state index contributed by atoms with van der Waals surface area (Å²) < 4.78 is 0. The van der Waals surface area contributed by atoms with Crippen LogP contribution in [0.2, 0.25) is 0 Å². The van der Waals surface area contributed by atoms with Gasteiger partial charge in [0.1, 0.15) is 6.04 Å². The lowest BCUT2D eigenvalue weighted by atomic mass is 10.2. The highest BCUT2D eigenvalue weighted by Crippen LogP contribution is 2.20. The van der Waals surface area contributed by atoms with Gasteiger partial charge < -0.3 is 5.32 Å². The first kappa shape index (κ1) is 20.8. The summed E-state index contributed by atoms with van der Waals surface area (Å²) in [6.07, 6.45) is 3.00. The van der Waals surface area contributed by atoms with Crippen molar-refractivity contribution in [2.24, 2.45) is 0 Å². The summed E-state index contributed by atoms with van der Waals surface area (Å²) in [6, 6.07) is 8.18. The van der Waals surface area contributed by atoms with Crippen molar-refractivity contribution in [1.82, 2.24) is 15.3 Å². The number of hydrazine groups is 1. The van der Waals surface area contributed by atoms with Gasteiger partial charge in [-0.05, 0) is 37.7 Å². The van der Waals surface area contributed by atoms with Crippen molar-refractivity contribution in [3.05, 3.63) is 30.3 Å². The Morgan fingerprint density at radius 1 is 1.11 bits per heavy atom. The Kier molecular flexibility index (Phi) is 7.72. The van der Waals surface area contributed by atoms with Gasteiger partial charge in [-0.25, -0.2) is 5.01 Å². The minimum Gasteiger partial charge on any atom is -0.326 e. The van der Waals surface area contributed by atoms with Gasteiger partial charge >= 0.3 is 0 Å². The standard InChI is InChI=1S/C19H26N4O3S/c1-3-5-7-12-16(24)21-23-15(18(26)22(4-2)19(23)27)13-17(25)20-14-10-8-6-9-11-14/h6,8-11,15H,3-5,7,12-13H2,1-2H3,(H,20,25)(H,21,24). The van der Waals surface area contributed by atoms with Crippen molar-refractivity contribution < 1.29 is 14.4 Å². The van der Waals surface area contributed by atoms with E-state index in [0.717, 1.165) is 19.3 Å². The number of hydrogen-bond acceptors (Lipinski definition) is 4. The average molecular weight is 391 g/mol. The number of unbranched alkanes of at least 4 members (excludes halogenated alkanes) is 2. The molecule has 0 bridgehead atoms. The molecular formula is C19H26N4O3S. The summed E-state index contributed by atoms with van der Waals surface area (Å²) in [6.45, 7) is 4.25. The number of carbonyl (C=O) groups excluding carboxylic acids is 3. The zero-order chi connectivity index (χ0) is 19.8. The highest BCUT2D eigenvalue weighted by molar-refractivity contribution is 7.80. The van der Waals surface area contributed by atoms with Crippen LogP contribution >= 0.6 is 12.2 Å². The quantitative estimate of drug-likeness (QED) is 0.500. The zero-order valence-corrected chi connectivity index (χ0v) is 16.6. The number of hydrogen-bond donors (Lipinski definition) is 2. The van der Waals surface area contributed by atoms with E-state index in [-0.39, 0.29) is 29.3 Å². The Balaban J connectivity index is 2.05. The van der Waals surface area contributed by atoms with Crippen LogP contribution < -0.4 is 10.7 Å². The number of amides is 3. The number of nitrogens with zero attached hydrogens (tertiary/aromatic N) is 2. The molecule has 0 aromatic heterocycles. The van der Waals surface area contributed by atoms with E-state index in [0.29, 0.717) is 18.7 Å². The lowest BCUT2D eigenvalue weighted by Crippen LogP contribution is -2.49. The molecule has 3 amide bonds. The minimum atomic E-state index is -0.837. The molecule has 0 aliphatic carbocycles. The molecular weight excluding hydrogens is 364 g/mol. The van der Waals surface area contributed by atoms with Crippen molar-refractivity contribution in [3.63, 3.8) is 0 Å². The van der Waals surface area contributed by atoms with Crippen LogP contribution in [-0.2, 0) is 14.4 Å². The van der Waals surface area contributed by atoms with Crippen LogP contribution in [0.5, 0.6) is 0 Å². The number of carbonyl (C=O) groups is 3. The topological polar surface area (TPSA) is 81.8 Å². The van der Waals surface area contributed by atoms with Gasteiger partial charge in [-0.1, -0.05) is 38.0 Å². The number of para-hydroxylation sites is 1. The van der Waals surface area contributed by atoms with Gasteiger partial charge in [0.2, 0.25) is 11.8 Å². The molecule has 2 rings (SSSR count). The summed E-state index contributed by atoms with van der Waals surface area (Å²) in [4.78, 5) is 38.7. The zero-order valence-electron chi connectivity index (χ0n) is 15.7. The van der Waals surface area contributed by atoms with Crippen LogP contribution in [0.4, 0.5) is 5.69 Å². The molecule has 1 aliphatic rings. The summed E-state index contributed by atoms with van der Waals surface area (Å²) in [5, 5.41) is 4.35. The van der Waals surface area contributed by atoms with E-state index < -0.39 is 6.04 Å². The van der Waals surface area contributed by atoms with E-state index in [1.165, 1.54) is 9.91 Å². The Hall–Kier alpha value is -2.48. The summed E-state index contributed by atoms with van der Waals surface area (Å²) in [5.41, 5.74) is 3.36. The molecule has 7 nitrogen and oxygen atoms in total. The number of benzene rings is 1. The molecule has 2 N–H and O–H groups in total. The third-order valence-electron chi connectivity index (χ3n) is 4.30. The normalized spacial score (nSPS) is 16.6. The minimum absolute atomic E-state index is 0.0976. The highest BCUT2D eigenvalue weighted by atomic mass is 32.1. The molecule has 0 radical (unpaired) electrons. The second-order valence-corrected chi connectivity index (χ2v) is 6.73. The van der Waals surface area contributed by atoms with E-state index in [4.69, 9.17) is 12.2 Å².